The van der Waals surface area contributed by atoms with Crippen molar-refractivity contribution in [3.05, 3.63) is 84.9 Å². The number of hydrogen-bond donors (Lipinski definition) is 0. The average Bonchev–Trinajstić information content (AvgIpc) is 3.24. The van der Waals surface area contributed by atoms with Crippen molar-refractivity contribution in [3.63, 3.8) is 0 Å². The van der Waals surface area contributed by atoms with E-state index in [-0.39, 0.29) is 0 Å². The number of fused-ring (bicyclic) bond motifs is 7. The summed E-state index contributed by atoms with van der Waals surface area (Å²) in [6.07, 6.45) is 0. The highest BCUT2D eigenvalue weighted by atomic mass is 16.3. The molecule has 2 heteroatoms. The molecule has 27 heavy (non-hydrogen) atoms. The first kappa shape index (κ1) is 14.6. The van der Waals surface area contributed by atoms with E-state index >= 15 is 0 Å². The summed E-state index contributed by atoms with van der Waals surface area (Å²) >= 11 is 0. The van der Waals surface area contributed by atoms with Crippen LogP contribution in [0.25, 0.3) is 54.9 Å². The van der Waals surface area contributed by atoms with Gasteiger partial charge in [-0.1, -0.05) is 60.7 Å². The quantitative estimate of drug-likeness (QED) is 0.316. The first-order chi connectivity index (χ1) is 13.3. The first-order valence-electron chi connectivity index (χ1n) is 9.19. The van der Waals surface area contributed by atoms with Gasteiger partial charge in [0.05, 0.1) is 10.9 Å². The molecular weight excluding hydrogens is 330 g/mol. The van der Waals surface area contributed by atoms with E-state index in [2.05, 4.69) is 84.4 Å². The molecule has 2 heterocycles. The Bertz CT molecular complexity index is 1470. The Morgan fingerprint density at radius 1 is 0.630 bits per heavy atom. The number of nitrogens with zero attached hydrogens (tertiary/aromatic N) is 1. The van der Waals surface area contributed by atoms with Crippen molar-refractivity contribution >= 4 is 43.7 Å². The highest BCUT2D eigenvalue weighted by molar-refractivity contribution is 6.24. The van der Waals surface area contributed by atoms with Gasteiger partial charge in [0.15, 0.2) is 0 Å². The monoisotopic (exact) mass is 347 g/mol. The number of aromatic nitrogens is 1. The largest absolute Gasteiger partial charge is 0.456 e. The van der Waals surface area contributed by atoms with Crippen molar-refractivity contribution in [1.82, 2.24) is 4.57 Å². The van der Waals surface area contributed by atoms with Crippen molar-refractivity contribution in [2.45, 2.75) is 0 Å². The number of rotatable bonds is 1. The molecule has 6 aromatic rings. The summed E-state index contributed by atoms with van der Waals surface area (Å²) in [5.41, 5.74) is 6.83. The molecular formula is C25H17NO. The minimum Gasteiger partial charge on any atom is -0.456 e. The molecule has 4 aromatic carbocycles. The van der Waals surface area contributed by atoms with E-state index in [0.717, 1.165) is 11.2 Å². The Morgan fingerprint density at radius 3 is 2.30 bits per heavy atom. The Morgan fingerprint density at radius 2 is 1.41 bits per heavy atom. The highest BCUT2D eigenvalue weighted by Crippen LogP contribution is 2.39. The van der Waals surface area contributed by atoms with Crippen LogP contribution in [0.2, 0.25) is 0 Å². The van der Waals surface area contributed by atoms with Crippen LogP contribution in [0.15, 0.2) is 89.3 Å². The van der Waals surface area contributed by atoms with Crippen LogP contribution in [0.5, 0.6) is 0 Å². The summed E-state index contributed by atoms with van der Waals surface area (Å²) in [6, 6.07) is 29.9. The van der Waals surface area contributed by atoms with Gasteiger partial charge >= 0.3 is 0 Å². The van der Waals surface area contributed by atoms with E-state index in [4.69, 9.17) is 4.42 Å². The molecule has 6 rings (SSSR count). The molecule has 0 amide bonds. The SMILES string of the molecule is Cn1c2cc(-c3ccccc3)ccc2c2ccc3oc4ccccc4c3c21. The van der Waals surface area contributed by atoms with Gasteiger partial charge in [0.1, 0.15) is 11.2 Å². The van der Waals surface area contributed by atoms with Crippen LogP contribution in [0.1, 0.15) is 0 Å². The fourth-order valence-corrected chi connectivity index (χ4v) is 4.33. The zero-order valence-corrected chi connectivity index (χ0v) is 14.9. The van der Waals surface area contributed by atoms with Crippen molar-refractivity contribution < 1.29 is 4.42 Å². The highest BCUT2D eigenvalue weighted by Gasteiger charge is 2.16. The molecule has 0 N–H and O–H groups in total. The number of para-hydroxylation sites is 1. The molecule has 2 aromatic heterocycles. The number of hydrogen-bond acceptors (Lipinski definition) is 1. The Balaban J connectivity index is 1.77. The summed E-state index contributed by atoms with van der Waals surface area (Å²) in [5.74, 6) is 0. The van der Waals surface area contributed by atoms with E-state index in [1.165, 1.54) is 43.7 Å². The smallest absolute Gasteiger partial charge is 0.137 e. The Labute approximate surface area is 156 Å². The molecule has 0 aliphatic carbocycles. The van der Waals surface area contributed by atoms with Crippen molar-refractivity contribution in [2.75, 3.05) is 0 Å². The van der Waals surface area contributed by atoms with Gasteiger partial charge in [-0.15, -0.1) is 0 Å². The van der Waals surface area contributed by atoms with Crippen molar-refractivity contribution in [1.29, 1.82) is 0 Å². The second-order valence-corrected chi connectivity index (χ2v) is 7.09. The molecule has 128 valence electrons. The second-order valence-electron chi connectivity index (χ2n) is 7.09. The van der Waals surface area contributed by atoms with E-state index in [1.54, 1.807) is 0 Å². The molecule has 0 unspecified atom stereocenters. The summed E-state index contributed by atoms with van der Waals surface area (Å²) in [5, 5.41) is 4.92. The van der Waals surface area contributed by atoms with Crippen LogP contribution in [0.3, 0.4) is 0 Å². The fourth-order valence-electron chi connectivity index (χ4n) is 4.33. The molecule has 0 fully saturated rings. The molecule has 0 saturated carbocycles. The third-order valence-electron chi connectivity index (χ3n) is 5.61. The predicted octanol–water partition coefficient (Wildman–Crippen LogP) is 6.90. The van der Waals surface area contributed by atoms with E-state index in [1.807, 2.05) is 12.1 Å². The maximum atomic E-state index is 6.09. The van der Waals surface area contributed by atoms with Crippen LogP contribution in [-0.4, -0.2) is 4.57 Å². The van der Waals surface area contributed by atoms with Gasteiger partial charge in [0.2, 0.25) is 0 Å². The van der Waals surface area contributed by atoms with Gasteiger partial charge in [-0.3, -0.25) is 0 Å². The Hall–Kier alpha value is -3.52. The average molecular weight is 347 g/mol. The topological polar surface area (TPSA) is 18.1 Å². The third kappa shape index (κ3) is 1.95. The molecule has 2 nitrogen and oxygen atoms in total. The van der Waals surface area contributed by atoms with Gasteiger partial charge in [-0.05, 0) is 35.4 Å². The third-order valence-corrected chi connectivity index (χ3v) is 5.61. The van der Waals surface area contributed by atoms with Crippen molar-refractivity contribution in [2.24, 2.45) is 7.05 Å². The van der Waals surface area contributed by atoms with Gasteiger partial charge in [-0.25, -0.2) is 0 Å². The van der Waals surface area contributed by atoms with Crippen LogP contribution >= 0.6 is 0 Å². The molecule has 0 bridgehead atoms. The van der Waals surface area contributed by atoms with Gasteiger partial charge in [0.25, 0.3) is 0 Å². The predicted molar refractivity (Wildman–Crippen MR) is 113 cm³/mol. The first-order valence-corrected chi connectivity index (χ1v) is 9.19. The lowest BCUT2D eigenvalue weighted by atomic mass is 10.0. The standard InChI is InChI=1S/C25H17NO/c1-26-21-15-17(16-7-3-2-4-8-16)11-12-18(21)19-13-14-23-24(25(19)26)20-9-5-6-10-22(20)27-23/h2-15H,1H3. The van der Waals surface area contributed by atoms with Gasteiger partial charge < -0.3 is 8.98 Å². The summed E-state index contributed by atoms with van der Waals surface area (Å²) in [4.78, 5) is 0. The Kier molecular flexibility index (Phi) is 2.84. The zero-order chi connectivity index (χ0) is 18.0. The van der Waals surface area contributed by atoms with E-state index in [0.29, 0.717) is 0 Å². The lowest BCUT2D eigenvalue weighted by Gasteiger charge is -2.03. The van der Waals surface area contributed by atoms with Crippen LogP contribution in [0, 0.1) is 0 Å². The zero-order valence-electron chi connectivity index (χ0n) is 14.9. The summed E-state index contributed by atoms with van der Waals surface area (Å²) in [6.45, 7) is 0. The second kappa shape index (κ2) is 5.24. The lowest BCUT2D eigenvalue weighted by molar-refractivity contribution is 0.669. The maximum Gasteiger partial charge on any atom is 0.137 e. The molecule has 0 atom stereocenters. The summed E-state index contributed by atoms with van der Waals surface area (Å²) in [7, 11) is 2.15. The van der Waals surface area contributed by atoms with Crippen LogP contribution < -0.4 is 0 Å². The van der Waals surface area contributed by atoms with Crippen molar-refractivity contribution in [3.8, 4) is 11.1 Å². The van der Waals surface area contributed by atoms with E-state index in [9.17, 15) is 0 Å². The van der Waals surface area contributed by atoms with Gasteiger partial charge in [-0.2, -0.15) is 0 Å². The molecule has 0 saturated heterocycles. The minimum absolute atomic E-state index is 0.940. The molecule has 0 spiro atoms. The van der Waals surface area contributed by atoms with Crippen LogP contribution in [-0.2, 0) is 7.05 Å². The number of furan rings is 1. The van der Waals surface area contributed by atoms with Crippen LogP contribution in [0.4, 0.5) is 0 Å². The number of aryl methyl sites for hydroxylation is 1. The van der Waals surface area contributed by atoms with E-state index < -0.39 is 0 Å². The van der Waals surface area contributed by atoms with Gasteiger partial charge in [0, 0.05) is 28.7 Å². The molecule has 0 aliphatic rings. The molecule has 0 radical (unpaired) electrons. The summed E-state index contributed by atoms with van der Waals surface area (Å²) < 4.78 is 8.40. The number of benzene rings is 4. The molecule has 0 aliphatic heterocycles. The fraction of sp³-hybridized carbons (Fsp3) is 0.0400. The normalized spacial score (nSPS) is 11.9. The lowest BCUT2D eigenvalue weighted by Crippen LogP contribution is -1.88. The maximum absolute atomic E-state index is 6.09. The minimum atomic E-state index is 0.940.